The zero-order valence-corrected chi connectivity index (χ0v) is 11.3. The highest BCUT2D eigenvalue weighted by Crippen LogP contribution is 2.16. The number of ether oxygens (including phenoxy) is 1. The lowest BCUT2D eigenvalue weighted by Gasteiger charge is -2.11. The van der Waals surface area contributed by atoms with Crippen LogP contribution in [-0.4, -0.2) is 11.7 Å². The van der Waals surface area contributed by atoms with Gasteiger partial charge in [0.15, 0.2) is 5.11 Å². The second kappa shape index (κ2) is 7.55. The molecule has 0 spiro atoms. The van der Waals surface area contributed by atoms with Gasteiger partial charge in [0.2, 0.25) is 0 Å². The van der Waals surface area contributed by atoms with Crippen molar-refractivity contribution >= 4 is 23.0 Å². The molecule has 0 saturated heterocycles. The van der Waals surface area contributed by atoms with Crippen LogP contribution in [0.4, 0.5) is 0 Å². The van der Waals surface area contributed by atoms with Gasteiger partial charge in [-0.1, -0.05) is 19.9 Å². The fourth-order valence-corrected chi connectivity index (χ4v) is 1.35. The molecule has 18 heavy (non-hydrogen) atoms. The Morgan fingerprint density at radius 1 is 1.33 bits per heavy atom. The standard InChI is InChI=1S/C13H19N3OS/c1-3-4-9-17-12-7-5-11(6-8-12)10(2)15-16-13(14)18/h5-8,15H,2-4,9H2,1H3,(H3,14,16,18). The van der Waals surface area contributed by atoms with Crippen molar-refractivity contribution in [2.45, 2.75) is 19.8 Å². The highest BCUT2D eigenvalue weighted by Gasteiger charge is 1.99. The van der Waals surface area contributed by atoms with Gasteiger partial charge in [0.25, 0.3) is 0 Å². The number of unbranched alkanes of at least 4 members (excludes halogenated alkanes) is 1. The molecule has 4 N–H and O–H groups in total. The minimum absolute atomic E-state index is 0.177. The summed E-state index contributed by atoms with van der Waals surface area (Å²) >= 11 is 4.69. The number of hydrogen-bond acceptors (Lipinski definition) is 3. The highest BCUT2D eigenvalue weighted by molar-refractivity contribution is 7.80. The summed E-state index contributed by atoms with van der Waals surface area (Å²) < 4.78 is 5.57. The lowest BCUT2D eigenvalue weighted by Crippen LogP contribution is -2.39. The molecule has 0 fully saturated rings. The van der Waals surface area contributed by atoms with Gasteiger partial charge in [0.1, 0.15) is 5.75 Å². The van der Waals surface area contributed by atoms with Gasteiger partial charge in [0, 0.05) is 0 Å². The summed E-state index contributed by atoms with van der Waals surface area (Å²) in [6.07, 6.45) is 2.19. The van der Waals surface area contributed by atoms with Crippen molar-refractivity contribution in [3.8, 4) is 5.75 Å². The zero-order chi connectivity index (χ0) is 13.4. The predicted molar refractivity (Wildman–Crippen MR) is 78.9 cm³/mol. The van der Waals surface area contributed by atoms with Crippen molar-refractivity contribution in [1.82, 2.24) is 10.9 Å². The summed E-state index contributed by atoms with van der Waals surface area (Å²) in [7, 11) is 0. The van der Waals surface area contributed by atoms with Crippen LogP contribution in [0.25, 0.3) is 5.70 Å². The number of rotatable bonds is 7. The smallest absolute Gasteiger partial charge is 0.182 e. The van der Waals surface area contributed by atoms with Crippen molar-refractivity contribution in [3.05, 3.63) is 36.4 Å². The number of benzene rings is 1. The van der Waals surface area contributed by atoms with E-state index in [2.05, 4.69) is 36.6 Å². The molecule has 0 aliphatic heterocycles. The normalized spacial score (nSPS) is 9.61. The van der Waals surface area contributed by atoms with Crippen LogP contribution in [-0.2, 0) is 0 Å². The van der Waals surface area contributed by atoms with Crippen LogP contribution >= 0.6 is 12.2 Å². The second-order valence-electron chi connectivity index (χ2n) is 3.82. The maximum atomic E-state index is 5.57. The third-order valence-electron chi connectivity index (χ3n) is 2.31. The molecule has 0 aromatic heterocycles. The minimum atomic E-state index is 0.177. The van der Waals surface area contributed by atoms with Crippen molar-refractivity contribution in [1.29, 1.82) is 0 Å². The largest absolute Gasteiger partial charge is 0.494 e. The molecule has 98 valence electrons. The maximum Gasteiger partial charge on any atom is 0.182 e. The number of nitrogens with one attached hydrogen (secondary N) is 2. The number of thiocarbonyl (C=S) groups is 1. The van der Waals surface area contributed by atoms with E-state index in [4.69, 9.17) is 10.5 Å². The Hall–Kier alpha value is -1.75. The Labute approximate surface area is 113 Å². The van der Waals surface area contributed by atoms with Gasteiger partial charge >= 0.3 is 0 Å². The lowest BCUT2D eigenvalue weighted by molar-refractivity contribution is 0.309. The van der Waals surface area contributed by atoms with Crippen molar-refractivity contribution < 1.29 is 4.74 Å². The van der Waals surface area contributed by atoms with Gasteiger partial charge in [0.05, 0.1) is 12.3 Å². The molecule has 5 heteroatoms. The molecule has 4 nitrogen and oxygen atoms in total. The SMILES string of the molecule is C=C(NNC(N)=S)c1ccc(OCCCC)cc1. The summed E-state index contributed by atoms with van der Waals surface area (Å²) in [5.41, 5.74) is 12.4. The minimum Gasteiger partial charge on any atom is -0.494 e. The Morgan fingerprint density at radius 3 is 2.56 bits per heavy atom. The third-order valence-corrected chi connectivity index (χ3v) is 2.41. The zero-order valence-electron chi connectivity index (χ0n) is 10.5. The molecular weight excluding hydrogens is 246 g/mol. The first kappa shape index (κ1) is 14.3. The van der Waals surface area contributed by atoms with Crippen LogP contribution in [0.5, 0.6) is 5.75 Å². The summed E-state index contributed by atoms with van der Waals surface area (Å²) in [5.74, 6) is 0.863. The third kappa shape index (κ3) is 5.05. The van der Waals surface area contributed by atoms with E-state index in [1.807, 2.05) is 24.3 Å². The van der Waals surface area contributed by atoms with Crippen molar-refractivity contribution in [2.24, 2.45) is 5.73 Å². The first-order valence-electron chi connectivity index (χ1n) is 5.87. The average molecular weight is 265 g/mol. The van der Waals surface area contributed by atoms with E-state index in [-0.39, 0.29) is 5.11 Å². The predicted octanol–water partition coefficient (Wildman–Crippen LogP) is 2.17. The monoisotopic (exact) mass is 265 g/mol. The molecule has 0 unspecified atom stereocenters. The van der Waals surface area contributed by atoms with Gasteiger partial charge in [-0.3, -0.25) is 10.9 Å². The van der Waals surface area contributed by atoms with Crippen molar-refractivity contribution in [2.75, 3.05) is 6.61 Å². The molecule has 1 aromatic rings. The molecule has 0 saturated carbocycles. The Balaban J connectivity index is 2.48. The maximum absolute atomic E-state index is 5.57. The second-order valence-corrected chi connectivity index (χ2v) is 4.26. The number of hydrazine groups is 1. The highest BCUT2D eigenvalue weighted by atomic mass is 32.1. The van der Waals surface area contributed by atoms with Crippen LogP contribution in [0.3, 0.4) is 0 Å². The van der Waals surface area contributed by atoms with Crippen molar-refractivity contribution in [3.63, 3.8) is 0 Å². The Bertz CT molecular complexity index is 403. The molecule has 0 heterocycles. The van der Waals surface area contributed by atoms with E-state index in [1.54, 1.807) is 0 Å². The summed E-state index contributed by atoms with van der Waals surface area (Å²) in [5, 5.41) is 0.177. The molecule has 1 rings (SSSR count). The van der Waals surface area contributed by atoms with Crippen LogP contribution in [0.15, 0.2) is 30.8 Å². The first-order chi connectivity index (χ1) is 8.63. The van der Waals surface area contributed by atoms with Crippen LogP contribution < -0.4 is 21.3 Å². The van der Waals surface area contributed by atoms with Gasteiger partial charge in [-0.05, 0) is 48.5 Å². The van der Waals surface area contributed by atoms with Crippen LogP contribution in [0.1, 0.15) is 25.3 Å². The van der Waals surface area contributed by atoms with Gasteiger partial charge in [-0.15, -0.1) is 0 Å². The quantitative estimate of drug-likeness (QED) is 0.401. The van der Waals surface area contributed by atoms with Gasteiger partial charge in [-0.2, -0.15) is 0 Å². The molecule has 0 bridgehead atoms. The summed E-state index contributed by atoms with van der Waals surface area (Å²) in [6.45, 7) is 6.76. The molecule has 0 aliphatic rings. The van der Waals surface area contributed by atoms with E-state index in [0.29, 0.717) is 5.70 Å². The number of nitrogens with two attached hydrogens (primary N) is 1. The molecule has 1 aromatic carbocycles. The summed E-state index contributed by atoms with van der Waals surface area (Å²) in [6, 6.07) is 7.69. The lowest BCUT2D eigenvalue weighted by atomic mass is 10.2. The fourth-order valence-electron chi connectivity index (χ4n) is 1.30. The molecule has 0 aliphatic carbocycles. The van der Waals surface area contributed by atoms with E-state index in [1.165, 1.54) is 0 Å². The fraction of sp³-hybridized carbons (Fsp3) is 0.308. The van der Waals surface area contributed by atoms with Gasteiger partial charge < -0.3 is 10.5 Å². The van der Waals surface area contributed by atoms with Gasteiger partial charge in [-0.25, -0.2) is 0 Å². The Morgan fingerprint density at radius 2 is 2.00 bits per heavy atom. The first-order valence-corrected chi connectivity index (χ1v) is 6.28. The average Bonchev–Trinajstić information content (AvgIpc) is 2.37. The van der Waals surface area contributed by atoms with E-state index in [0.717, 1.165) is 30.8 Å². The molecule has 0 atom stereocenters. The van der Waals surface area contributed by atoms with Crippen LogP contribution in [0, 0.1) is 0 Å². The summed E-state index contributed by atoms with van der Waals surface area (Å²) in [4.78, 5) is 0. The topological polar surface area (TPSA) is 59.3 Å². The molecular formula is C13H19N3OS. The van der Waals surface area contributed by atoms with E-state index >= 15 is 0 Å². The molecule has 0 radical (unpaired) electrons. The molecule has 0 amide bonds. The van der Waals surface area contributed by atoms with E-state index < -0.39 is 0 Å². The Kier molecular flexibility index (Phi) is 6.00. The van der Waals surface area contributed by atoms with Crippen LogP contribution in [0.2, 0.25) is 0 Å². The van der Waals surface area contributed by atoms with E-state index in [9.17, 15) is 0 Å². The number of hydrogen-bond donors (Lipinski definition) is 3.